The normalized spacial score (nSPS) is 19.3. The number of aromatic nitrogens is 1. The van der Waals surface area contributed by atoms with Crippen molar-refractivity contribution in [1.82, 2.24) is 14.8 Å². The fraction of sp³-hybridized carbons (Fsp3) is 0.360. The third-order valence-corrected chi connectivity index (χ3v) is 7.28. The van der Waals surface area contributed by atoms with E-state index < -0.39 is 0 Å². The molecule has 166 valence electrons. The van der Waals surface area contributed by atoms with E-state index in [-0.39, 0.29) is 5.91 Å². The second-order valence-electron chi connectivity index (χ2n) is 8.35. The number of H-pyrrole nitrogens is 1. The Bertz CT molecular complexity index is 1120. The number of fused-ring (bicyclic) bond motifs is 1. The van der Waals surface area contributed by atoms with E-state index >= 15 is 0 Å². The van der Waals surface area contributed by atoms with Crippen molar-refractivity contribution in [2.45, 2.75) is 19.4 Å². The number of aromatic amines is 1. The largest absolute Gasteiger partial charge is 0.455 e. The molecule has 2 aliphatic heterocycles. The van der Waals surface area contributed by atoms with Gasteiger partial charge in [0, 0.05) is 50.8 Å². The highest BCUT2D eigenvalue weighted by Gasteiger charge is 2.24. The molecule has 7 heteroatoms. The minimum atomic E-state index is 0.182. The fourth-order valence-corrected chi connectivity index (χ4v) is 5.35. The summed E-state index contributed by atoms with van der Waals surface area (Å²) >= 11 is 1.83. The third-order valence-electron chi connectivity index (χ3n) is 6.13. The first-order valence-corrected chi connectivity index (χ1v) is 12.2. The van der Waals surface area contributed by atoms with Gasteiger partial charge in [0.25, 0.3) is 0 Å². The van der Waals surface area contributed by atoms with Crippen LogP contribution in [-0.4, -0.2) is 70.3 Å². The van der Waals surface area contributed by atoms with Crippen LogP contribution >= 0.6 is 11.8 Å². The summed E-state index contributed by atoms with van der Waals surface area (Å²) in [7, 11) is 0. The number of carbonyl (C=O) groups is 1. The molecule has 0 spiro atoms. The fourth-order valence-electron chi connectivity index (χ4n) is 4.27. The number of benzene rings is 2. The molecule has 32 heavy (non-hydrogen) atoms. The van der Waals surface area contributed by atoms with Crippen LogP contribution in [0.15, 0.2) is 59.6 Å². The zero-order valence-corrected chi connectivity index (χ0v) is 19.1. The number of rotatable bonds is 6. The van der Waals surface area contributed by atoms with E-state index in [1.54, 1.807) is 6.92 Å². The molecule has 0 radical (unpaired) electrons. The number of nitrogens with one attached hydrogen (secondary N) is 1. The molecule has 1 saturated heterocycles. The Kier molecular flexibility index (Phi) is 6.19. The van der Waals surface area contributed by atoms with Gasteiger partial charge in [0.2, 0.25) is 5.91 Å². The van der Waals surface area contributed by atoms with Gasteiger partial charge >= 0.3 is 0 Å². The quantitative estimate of drug-likeness (QED) is 0.608. The average Bonchev–Trinajstić information content (AvgIpc) is 3.46. The van der Waals surface area contributed by atoms with Crippen LogP contribution in [0.1, 0.15) is 19.0 Å². The maximum Gasteiger partial charge on any atom is 0.219 e. The molecule has 0 bridgehead atoms. The molecule has 1 amide bonds. The predicted molar refractivity (Wildman–Crippen MR) is 131 cm³/mol. The molecule has 1 fully saturated rings. The molecule has 1 unspecified atom stereocenters. The number of ether oxygens (including phenoxy) is 1. The van der Waals surface area contributed by atoms with Crippen molar-refractivity contribution in [2.75, 3.05) is 38.5 Å². The highest BCUT2D eigenvalue weighted by molar-refractivity contribution is 8.14. The summed E-state index contributed by atoms with van der Waals surface area (Å²) in [6.45, 7) is 6.29. The summed E-state index contributed by atoms with van der Waals surface area (Å²) in [5, 5.41) is 2.21. The van der Waals surface area contributed by atoms with Gasteiger partial charge in [-0.05, 0) is 30.7 Å². The van der Waals surface area contributed by atoms with Gasteiger partial charge in [-0.15, -0.1) is 11.8 Å². The van der Waals surface area contributed by atoms with Gasteiger partial charge in [-0.1, -0.05) is 30.3 Å². The van der Waals surface area contributed by atoms with Crippen molar-refractivity contribution in [2.24, 2.45) is 4.99 Å². The van der Waals surface area contributed by atoms with Gasteiger partial charge in [-0.2, -0.15) is 0 Å². The van der Waals surface area contributed by atoms with E-state index in [2.05, 4.69) is 22.0 Å². The zero-order chi connectivity index (χ0) is 21.9. The molecule has 0 saturated carbocycles. The number of aliphatic imine (C=N–C) groups is 1. The Balaban J connectivity index is 1.23. The molecular weight excluding hydrogens is 420 g/mol. The van der Waals surface area contributed by atoms with Crippen molar-refractivity contribution in [1.29, 1.82) is 0 Å². The lowest BCUT2D eigenvalue weighted by atomic mass is 10.2. The Labute approximate surface area is 192 Å². The molecule has 2 aromatic carbocycles. The van der Waals surface area contributed by atoms with Crippen molar-refractivity contribution in [3.8, 4) is 11.5 Å². The summed E-state index contributed by atoms with van der Waals surface area (Å²) in [6.07, 6.45) is 1.05. The van der Waals surface area contributed by atoms with Crippen LogP contribution in [0.3, 0.4) is 0 Å². The lowest BCUT2D eigenvalue weighted by molar-refractivity contribution is -0.130. The molecule has 1 aromatic heterocycles. The smallest absolute Gasteiger partial charge is 0.219 e. The average molecular weight is 449 g/mol. The van der Waals surface area contributed by atoms with Crippen molar-refractivity contribution in [3.05, 3.63) is 60.3 Å². The Morgan fingerprint density at radius 1 is 1.12 bits per heavy atom. The molecule has 1 atom stereocenters. The minimum Gasteiger partial charge on any atom is -0.455 e. The van der Waals surface area contributed by atoms with Gasteiger partial charge in [-0.25, -0.2) is 0 Å². The minimum absolute atomic E-state index is 0.182. The number of piperazine rings is 1. The molecule has 6 nitrogen and oxygen atoms in total. The monoisotopic (exact) mass is 448 g/mol. The van der Waals surface area contributed by atoms with Gasteiger partial charge in [0.05, 0.1) is 17.3 Å². The van der Waals surface area contributed by atoms with E-state index in [0.717, 1.165) is 78.0 Å². The first kappa shape index (κ1) is 21.1. The maximum atomic E-state index is 11.5. The maximum absolute atomic E-state index is 11.5. The molecule has 3 aromatic rings. The Morgan fingerprint density at radius 2 is 1.94 bits per heavy atom. The number of hydrogen-bond donors (Lipinski definition) is 1. The molecule has 5 rings (SSSR count). The number of hydrogen-bond acceptors (Lipinski definition) is 5. The highest BCUT2D eigenvalue weighted by atomic mass is 32.2. The lowest BCUT2D eigenvalue weighted by Crippen LogP contribution is -2.48. The van der Waals surface area contributed by atoms with Gasteiger partial charge in [0.1, 0.15) is 10.8 Å². The van der Waals surface area contributed by atoms with E-state index in [1.165, 1.54) is 0 Å². The van der Waals surface area contributed by atoms with Gasteiger partial charge in [0.15, 0.2) is 5.75 Å². The van der Waals surface area contributed by atoms with Crippen molar-refractivity contribution >= 4 is 33.6 Å². The second kappa shape index (κ2) is 9.38. The third kappa shape index (κ3) is 4.69. The summed E-state index contributed by atoms with van der Waals surface area (Å²) in [5.74, 6) is 2.85. The van der Waals surface area contributed by atoms with Crippen molar-refractivity contribution in [3.63, 3.8) is 0 Å². The Morgan fingerprint density at radius 3 is 2.72 bits per heavy atom. The number of carbonyl (C=O) groups excluding carboxylic acids is 1. The topological polar surface area (TPSA) is 60.9 Å². The summed E-state index contributed by atoms with van der Waals surface area (Å²) in [5.41, 5.74) is 2.06. The molecule has 2 aliphatic rings. The number of thioether (sulfide) groups is 1. The number of amides is 1. The van der Waals surface area contributed by atoms with E-state index in [0.29, 0.717) is 6.04 Å². The summed E-state index contributed by atoms with van der Waals surface area (Å²) < 4.78 is 6.11. The van der Waals surface area contributed by atoms with Crippen LogP contribution in [0.4, 0.5) is 0 Å². The SMILES string of the molecule is CC(=O)N1CCN(CCC2CSC(c3cc4cccc(Oc5ccccc5)c4[nH]3)=N2)CC1. The lowest BCUT2D eigenvalue weighted by Gasteiger charge is -2.34. The second-order valence-corrected chi connectivity index (χ2v) is 9.36. The standard InChI is InChI=1S/C25H28N4O2S/c1-18(30)29-14-12-28(13-15-29)11-10-20-17-32-25(26-20)22-16-19-6-5-9-23(24(19)27-22)31-21-7-3-2-4-8-21/h2-9,16,20,27H,10-15,17H2,1H3. The predicted octanol–water partition coefficient (Wildman–Crippen LogP) is 4.38. The van der Waals surface area contributed by atoms with E-state index in [9.17, 15) is 4.79 Å². The molecule has 3 heterocycles. The van der Waals surface area contributed by atoms with Crippen LogP contribution < -0.4 is 4.74 Å². The van der Waals surface area contributed by atoms with E-state index in [1.807, 2.05) is 59.1 Å². The zero-order valence-electron chi connectivity index (χ0n) is 18.3. The first-order chi connectivity index (χ1) is 15.7. The van der Waals surface area contributed by atoms with Crippen LogP contribution in [0.25, 0.3) is 10.9 Å². The van der Waals surface area contributed by atoms with Crippen LogP contribution in [-0.2, 0) is 4.79 Å². The van der Waals surface area contributed by atoms with Crippen LogP contribution in [0.2, 0.25) is 0 Å². The number of nitrogens with zero attached hydrogens (tertiary/aromatic N) is 3. The van der Waals surface area contributed by atoms with Crippen molar-refractivity contribution < 1.29 is 9.53 Å². The summed E-state index contributed by atoms with van der Waals surface area (Å²) in [6, 6.07) is 18.5. The van der Waals surface area contributed by atoms with E-state index in [4.69, 9.17) is 9.73 Å². The first-order valence-electron chi connectivity index (χ1n) is 11.2. The van der Waals surface area contributed by atoms with Crippen LogP contribution in [0, 0.1) is 0 Å². The van der Waals surface area contributed by atoms with Gasteiger partial charge < -0.3 is 14.6 Å². The molecular formula is C25H28N4O2S. The van der Waals surface area contributed by atoms with Crippen LogP contribution in [0.5, 0.6) is 11.5 Å². The molecule has 1 N–H and O–H groups in total. The highest BCUT2D eigenvalue weighted by Crippen LogP contribution is 2.32. The number of para-hydroxylation sites is 2. The van der Waals surface area contributed by atoms with Gasteiger partial charge in [-0.3, -0.25) is 14.7 Å². The Hall–Kier alpha value is -2.77. The molecule has 0 aliphatic carbocycles. The summed E-state index contributed by atoms with van der Waals surface area (Å²) in [4.78, 5) is 24.4.